The van der Waals surface area contributed by atoms with E-state index in [9.17, 15) is 14.9 Å². The van der Waals surface area contributed by atoms with Crippen molar-refractivity contribution < 1.29 is 9.72 Å². The highest BCUT2D eigenvalue weighted by molar-refractivity contribution is 5.93. The van der Waals surface area contributed by atoms with Crippen molar-refractivity contribution in [2.45, 2.75) is 44.7 Å². The molecule has 1 fully saturated rings. The Kier molecular flexibility index (Phi) is 4.62. The molecule has 1 amide bonds. The molecule has 7 heteroatoms. The number of carbonyl (C=O) groups is 1. The second kappa shape index (κ2) is 6.26. The van der Waals surface area contributed by atoms with Crippen molar-refractivity contribution in [2.75, 3.05) is 6.54 Å². The fourth-order valence-corrected chi connectivity index (χ4v) is 2.99. The zero-order valence-corrected chi connectivity index (χ0v) is 12.5. The van der Waals surface area contributed by atoms with Crippen LogP contribution < -0.4 is 5.73 Å². The molecule has 1 aromatic heterocycles. The van der Waals surface area contributed by atoms with Gasteiger partial charge in [0.2, 0.25) is 0 Å². The second-order valence-corrected chi connectivity index (χ2v) is 5.61. The van der Waals surface area contributed by atoms with Gasteiger partial charge in [-0.25, -0.2) is 0 Å². The molecule has 2 rings (SSSR count). The summed E-state index contributed by atoms with van der Waals surface area (Å²) >= 11 is 0. The number of rotatable bonds is 4. The highest BCUT2D eigenvalue weighted by Crippen LogP contribution is 2.25. The van der Waals surface area contributed by atoms with E-state index >= 15 is 0 Å². The SMILES string of the molecule is CCN(C(=O)c1cc([N+](=O)[O-])cn1C)C1CCC(N)CC1. The van der Waals surface area contributed by atoms with Gasteiger partial charge in [-0.3, -0.25) is 14.9 Å². The Morgan fingerprint density at radius 3 is 2.57 bits per heavy atom. The number of carbonyl (C=O) groups excluding carboxylic acids is 1. The molecule has 0 saturated heterocycles. The molecule has 1 saturated carbocycles. The van der Waals surface area contributed by atoms with Crippen LogP contribution in [0.4, 0.5) is 5.69 Å². The van der Waals surface area contributed by atoms with Crippen molar-refractivity contribution in [3.63, 3.8) is 0 Å². The predicted octanol–water partition coefficient (Wildman–Crippen LogP) is 1.67. The lowest BCUT2D eigenvalue weighted by Crippen LogP contribution is -2.44. The van der Waals surface area contributed by atoms with E-state index in [2.05, 4.69) is 0 Å². The minimum Gasteiger partial charge on any atom is -0.340 e. The summed E-state index contributed by atoms with van der Waals surface area (Å²) in [7, 11) is 1.66. The van der Waals surface area contributed by atoms with Crippen molar-refractivity contribution in [3.05, 3.63) is 28.1 Å². The Hall–Kier alpha value is -1.89. The number of nitro groups is 1. The number of aromatic nitrogens is 1. The summed E-state index contributed by atoms with van der Waals surface area (Å²) in [5, 5.41) is 10.8. The van der Waals surface area contributed by atoms with E-state index in [4.69, 9.17) is 5.73 Å². The van der Waals surface area contributed by atoms with E-state index in [1.165, 1.54) is 16.8 Å². The third-order valence-corrected chi connectivity index (χ3v) is 4.20. The Balaban J connectivity index is 2.18. The van der Waals surface area contributed by atoms with Crippen molar-refractivity contribution in [3.8, 4) is 0 Å². The second-order valence-electron chi connectivity index (χ2n) is 5.61. The number of aryl methyl sites for hydroxylation is 1. The first-order valence-corrected chi connectivity index (χ1v) is 7.31. The van der Waals surface area contributed by atoms with Crippen LogP contribution in [-0.4, -0.2) is 38.9 Å². The Bertz CT molecular complexity index is 532. The van der Waals surface area contributed by atoms with Gasteiger partial charge in [-0.2, -0.15) is 0 Å². The van der Waals surface area contributed by atoms with Gasteiger partial charge in [-0.15, -0.1) is 0 Å². The van der Waals surface area contributed by atoms with Gasteiger partial charge in [0.05, 0.1) is 11.1 Å². The third-order valence-electron chi connectivity index (χ3n) is 4.20. The molecule has 21 heavy (non-hydrogen) atoms. The quantitative estimate of drug-likeness (QED) is 0.675. The zero-order valence-electron chi connectivity index (χ0n) is 12.5. The molecule has 0 atom stereocenters. The average molecular weight is 294 g/mol. The van der Waals surface area contributed by atoms with Gasteiger partial charge in [0.15, 0.2) is 0 Å². The standard InChI is InChI=1S/C14H22N4O3/c1-3-17(11-6-4-10(15)5-7-11)14(19)13-8-12(18(20)21)9-16(13)2/h8-11H,3-7,15H2,1-2H3. The van der Waals surface area contributed by atoms with Gasteiger partial charge >= 0.3 is 0 Å². The molecule has 1 aliphatic carbocycles. The van der Waals surface area contributed by atoms with Crippen LogP contribution in [0.1, 0.15) is 43.1 Å². The zero-order chi connectivity index (χ0) is 15.6. The van der Waals surface area contributed by atoms with Crippen LogP contribution in [0.5, 0.6) is 0 Å². The summed E-state index contributed by atoms with van der Waals surface area (Å²) in [4.78, 5) is 24.8. The van der Waals surface area contributed by atoms with Gasteiger partial charge in [-0.1, -0.05) is 0 Å². The van der Waals surface area contributed by atoms with Crippen LogP contribution in [0.2, 0.25) is 0 Å². The molecule has 0 bridgehead atoms. The fourth-order valence-electron chi connectivity index (χ4n) is 2.99. The Labute approximate surface area is 123 Å². The van der Waals surface area contributed by atoms with E-state index in [1.54, 1.807) is 7.05 Å². The summed E-state index contributed by atoms with van der Waals surface area (Å²) in [6, 6.07) is 1.75. The molecular formula is C14H22N4O3. The van der Waals surface area contributed by atoms with Gasteiger partial charge in [-0.05, 0) is 32.6 Å². The molecule has 1 aliphatic rings. The minimum atomic E-state index is -0.479. The van der Waals surface area contributed by atoms with Crippen LogP contribution in [0.25, 0.3) is 0 Å². The monoisotopic (exact) mass is 294 g/mol. The van der Waals surface area contributed by atoms with Crippen LogP contribution in [-0.2, 0) is 7.05 Å². The molecule has 0 spiro atoms. The topological polar surface area (TPSA) is 94.4 Å². The van der Waals surface area contributed by atoms with Crippen molar-refractivity contribution in [1.82, 2.24) is 9.47 Å². The lowest BCUT2D eigenvalue weighted by atomic mass is 9.90. The third kappa shape index (κ3) is 3.24. The number of hydrogen-bond donors (Lipinski definition) is 1. The first kappa shape index (κ1) is 15.5. The Morgan fingerprint density at radius 1 is 1.48 bits per heavy atom. The summed E-state index contributed by atoms with van der Waals surface area (Å²) in [5.74, 6) is -0.145. The normalized spacial score (nSPS) is 22.0. The lowest BCUT2D eigenvalue weighted by molar-refractivity contribution is -0.384. The number of nitrogens with zero attached hydrogens (tertiary/aromatic N) is 3. The molecule has 0 unspecified atom stereocenters. The summed E-state index contributed by atoms with van der Waals surface area (Å²) in [5.41, 5.74) is 6.21. The van der Waals surface area contributed by atoms with Crippen LogP contribution in [0.15, 0.2) is 12.3 Å². The van der Waals surface area contributed by atoms with Gasteiger partial charge in [0.1, 0.15) is 5.69 Å². The smallest absolute Gasteiger partial charge is 0.287 e. The van der Waals surface area contributed by atoms with E-state index in [1.807, 2.05) is 11.8 Å². The maximum Gasteiger partial charge on any atom is 0.287 e. The van der Waals surface area contributed by atoms with Crippen LogP contribution in [0.3, 0.4) is 0 Å². The fraction of sp³-hybridized carbons (Fsp3) is 0.643. The first-order chi connectivity index (χ1) is 9.93. The van der Waals surface area contributed by atoms with Gasteiger partial charge < -0.3 is 15.2 Å². The maximum absolute atomic E-state index is 12.7. The minimum absolute atomic E-state index is 0.0532. The average Bonchev–Trinajstić information content (AvgIpc) is 2.84. The molecule has 0 radical (unpaired) electrons. The maximum atomic E-state index is 12.7. The highest BCUT2D eigenvalue weighted by atomic mass is 16.6. The van der Waals surface area contributed by atoms with Crippen molar-refractivity contribution in [2.24, 2.45) is 12.8 Å². The van der Waals surface area contributed by atoms with E-state index in [-0.39, 0.29) is 23.7 Å². The molecule has 2 N–H and O–H groups in total. The molecular weight excluding hydrogens is 272 g/mol. The largest absolute Gasteiger partial charge is 0.340 e. The van der Waals surface area contributed by atoms with Crippen molar-refractivity contribution >= 4 is 11.6 Å². The number of amides is 1. The highest BCUT2D eigenvalue weighted by Gasteiger charge is 2.29. The summed E-state index contributed by atoms with van der Waals surface area (Å²) in [6.45, 7) is 2.53. The Morgan fingerprint density at radius 2 is 2.10 bits per heavy atom. The molecule has 1 aromatic rings. The summed E-state index contributed by atoms with van der Waals surface area (Å²) < 4.78 is 1.53. The molecule has 0 aromatic carbocycles. The number of nitrogens with two attached hydrogens (primary N) is 1. The van der Waals surface area contributed by atoms with E-state index in [0.29, 0.717) is 12.2 Å². The van der Waals surface area contributed by atoms with Gasteiger partial charge in [0, 0.05) is 31.7 Å². The molecule has 0 aliphatic heterocycles. The van der Waals surface area contributed by atoms with Gasteiger partial charge in [0.25, 0.3) is 11.6 Å². The first-order valence-electron chi connectivity index (χ1n) is 7.31. The molecule has 7 nitrogen and oxygen atoms in total. The van der Waals surface area contributed by atoms with Crippen molar-refractivity contribution in [1.29, 1.82) is 0 Å². The van der Waals surface area contributed by atoms with E-state index < -0.39 is 4.92 Å². The molecule has 1 heterocycles. The van der Waals surface area contributed by atoms with Crippen LogP contribution in [0, 0.1) is 10.1 Å². The van der Waals surface area contributed by atoms with E-state index in [0.717, 1.165) is 25.7 Å². The predicted molar refractivity (Wildman–Crippen MR) is 79.0 cm³/mol. The number of hydrogen-bond acceptors (Lipinski definition) is 4. The molecule has 116 valence electrons. The van der Waals surface area contributed by atoms with Crippen LogP contribution >= 0.6 is 0 Å². The lowest BCUT2D eigenvalue weighted by Gasteiger charge is -2.35. The summed E-state index contributed by atoms with van der Waals surface area (Å²) in [6.07, 6.45) is 5.00.